The fourth-order valence-electron chi connectivity index (χ4n) is 6.83. The Bertz CT molecular complexity index is 976. The number of likely N-dealkylation sites (N-methyl/N-ethyl adjacent to an activating group) is 1. The number of nitrogens with zero attached hydrogens (tertiary/aromatic N) is 3. The van der Waals surface area contributed by atoms with Crippen LogP contribution in [0.2, 0.25) is 0 Å². The molecule has 0 spiro atoms. The highest BCUT2D eigenvalue weighted by Crippen LogP contribution is 2.34. The SMILES string of the molecule is CC(C)C[C@H](O)[C@H](O)[C@H](CC1CCCCC1)N(CC1CCCCC1)C(=O)[C@@H](CC(=O)NCC(=O)N(C)C)Cc1cscn1. The summed E-state index contributed by atoms with van der Waals surface area (Å²) in [5.74, 6) is -0.512. The molecule has 9 nitrogen and oxygen atoms in total. The van der Waals surface area contributed by atoms with E-state index in [2.05, 4.69) is 10.3 Å². The van der Waals surface area contributed by atoms with Crippen LogP contribution in [0.3, 0.4) is 0 Å². The van der Waals surface area contributed by atoms with Crippen molar-refractivity contribution in [3.05, 3.63) is 16.6 Å². The van der Waals surface area contributed by atoms with Gasteiger partial charge in [-0.05, 0) is 43.4 Å². The van der Waals surface area contributed by atoms with E-state index < -0.39 is 24.2 Å². The molecule has 1 aromatic rings. The van der Waals surface area contributed by atoms with Crippen LogP contribution in [0.5, 0.6) is 0 Å². The molecular formula is C33H56N4O5S. The minimum atomic E-state index is -1.07. The highest BCUT2D eigenvalue weighted by molar-refractivity contribution is 7.07. The van der Waals surface area contributed by atoms with Crippen LogP contribution in [0.15, 0.2) is 10.9 Å². The molecule has 2 aliphatic rings. The summed E-state index contributed by atoms with van der Waals surface area (Å²) in [5, 5.41) is 27.5. The lowest BCUT2D eigenvalue weighted by atomic mass is 9.80. The van der Waals surface area contributed by atoms with Gasteiger partial charge in [-0.25, -0.2) is 4.98 Å². The lowest BCUT2D eigenvalue weighted by Gasteiger charge is -2.42. The van der Waals surface area contributed by atoms with Gasteiger partial charge in [0.1, 0.15) is 6.10 Å². The number of rotatable bonds is 16. The van der Waals surface area contributed by atoms with Gasteiger partial charge in [-0.1, -0.05) is 65.2 Å². The van der Waals surface area contributed by atoms with E-state index >= 15 is 0 Å². The number of thiazole rings is 1. The van der Waals surface area contributed by atoms with Crippen molar-refractivity contribution in [1.29, 1.82) is 0 Å². The molecule has 43 heavy (non-hydrogen) atoms. The van der Waals surface area contributed by atoms with Crippen molar-refractivity contribution < 1.29 is 24.6 Å². The molecule has 10 heteroatoms. The van der Waals surface area contributed by atoms with E-state index in [0.29, 0.717) is 37.6 Å². The second-order valence-electron chi connectivity index (χ2n) is 13.6. The van der Waals surface area contributed by atoms with Gasteiger partial charge >= 0.3 is 0 Å². The summed E-state index contributed by atoms with van der Waals surface area (Å²) in [6, 6.07) is -0.525. The summed E-state index contributed by atoms with van der Waals surface area (Å²) in [7, 11) is 3.27. The van der Waals surface area contributed by atoms with Crippen molar-refractivity contribution in [2.45, 2.75) is 122 Å². The Morgan fingerprint density at radius 2 is 1.63 bits per heavy atom. The minimum absolute atomic E-state index is 0.0704. The lowest BCUT2D eigenvalue weighted by Crippen LogP contribution is -2.55. The Hall–Kier alpha value is -2.04. The highest BCUT2D eigenvalue weighted by atomic mass is 32.1. The summed E-state index contributed by atoms with van der Waals surface area (Å²) < 4.78 is 0. The third-order valence-corrected chi connectivity index (χ3v) is 9.95. The van der Waals surface area contributed by atoms with E-state index in [0.717, 1.165) is 57.1 Å². The first-order valence-electron chi connectivity index (χ1n) is 16.6. The first kappa shape index (κ1) is 35.4. The number of nitrogens with one attached hydrogen (secondary N) is 1. The average molecular weight is 621 g/mol. The molecule has 2 aliphatic carbocycles. The molecule has 0 saturated heterocycles. The van der Waals surface area contributed by atoms with Crippen LogP contribution in [0.1, 0.15) is 103 Å². The fourth-order valence-corrected chi connectivity index (χ4v) is 7.40. The lowest BCUT2D eigenvalue weighted by molar-refractivity contribution is -0.147. The van der Waals surface area contributed by atoms with Crippen LogP contribution in [0.4, 0.5) is 0 Å². The molecule has 2 fully saturated rings. The van der Waals surface area contributed by atoms with Crippen LogP contribution in [0.25, 0.3) is 0 Å². The van der Waals surface area contributed by atoms with E-state index in [4.69, 9.17) is 0 Å². The number of carbonyl (C=O) groups excluding carboxylic acids is 3. The van der Waals surface area contributed by atoms with Gasteiger partial charge in [0.25, 0.3) is 0 Å². The maximum atomic E-state index is 14.7. The average Bonchev–Trinajstić information content (AvgIpc) is 3.50. The third kappa shape index (κ3) is 11.8. The number of aliphatic hydroxyl groups is 2. The molecule has 1 aromatic heterocycles. The molecule has 244 valence electrons. The Labute approximate surface area is 262 Å². The maximum Gasteiger partial charge on any atom is 0.241 e. The molecule has 0 aliphatic heterocycles. The van der Waals surface area contributed by atoms with Gasteiger partial charge in [0, 0.05) is 38.9 Å². The summed E-state index contributed by atoms with van der Waals surface area (Å²) in [6.45, 7) is 4.46. The number of hydrogen-bond acceptors (Lipinski definition) is 7. The Kier molecular flexibility index (Phi) is 14.9. The number of aliphatic hydroxyl groups excluding tert-OH is 2. The second kappa shape index (κ2) is 18.1. The summed E-state index contributed by atoms with van der Waals surface area (Å²) in [6.07, 6.45) is 10.5. The Morgan fingerprint density at radius 1 is 1.00 bits per heavy atom. The molecule has 1 heterocycles. The van der Waals surface area contributed by atoms with E-state index in [1.54, 1.807) is 19.6 Å². The zero-order chi connectivity index (χ0) is 31.4. The maximum absolute atomic E-state index is 14.7. The molecule has 3 amide bonds. The van der Waals surface area contributed by atoms with Crippen molar-refractivity contribution in [2.24, 2.45) is 23.7 Å². The van der Waals surface area contributed by atoms with Gasteiger partial charge in [0.15, 0.2) is 0 Å². The third-order valence-electron chi connectivity index (χ3n) is 9.32. The first-order chi connectivity index (χ1) is 20.5. The van der Waals surface area contributed by atoms with Gasteiger partial charge in [-0.3, -0.25) is 14.4 Å². The number of carbonyl (C=O) groups is 3. The van der Waals surface area contributed by atoms with Crippen LogP contribution < -0.4 is 5.32 Å². The van der Waals surface area contributed by atoms with Gasteiger partial charge in [-0.15, -0.1) is 11.3 Å². The van der Waals surface area contributed by atoms with Gasteiger partial charge in [-0.2, -0.15) is 0 Å². The summed E-state index contributed by atoms with van der Waals surface area (Å²) in [4.78, 5) is 47.7. The first-order valence-corrected chi connectivity index (χ1v) is 17.5. The standard InChI is InChI=1S/C33H56N4O5S/c1-23(2)15-29(38)32(41)28(16-24-11-7-5-8-12-24)37(20-25-13-9-6-10-14-25)33(42)26(17-27-21-43-22-35-27)18-30(39)34-19-31(40)36(3)4/h21-26,28-29,32,38,41H,5-20H2,1-4H3,(H,34,39)/t26-,28+,29+,32-/m1/s1. The topological polar surface area (TPSA) is 123 Å². The van der Waals surface area contributed by atoms with E-state index in [1.807, 2.05) is 24.1 Å². The zero-order valence-electron chi connectivity index (χ0n) is 26.9. The predicted octanol–water partition coefficient (Wildman–Crippen LogP) is 4.41. The van der Waals surface area contributed by atoms with Crippen molar-refractivity contribution in [1.82, 2.24) is 20.1 Å². The van der Waals surface area contributed by atoms with Crippen LogP contribution in [-0.2, 0) is 20.8 Å². The monoisotopic (exact) mass is 620 g/mol. The van der Waals surface area contributed by atoms with Crippen molar-refractivity contribution in [3.8, 4) is 0 Å². The second-order valence-corrected chi connectivity index (χ2v) is 14.4. The van der Waals surface area contributed by atoms with Crippen molar-refractivity contribution in [2.75, 3.05) is 27.2 Å². The largest absolute Gasteiger partial charge is 0.390 e. The molecule has 0 bridgehead atoms. The summed E-state index contributed by atoms with van der Waals surface area (Å²) >= 11 is 1.45. The van der Waals surface area contributed by atoms with E-state index in [9.17, 15) is 24.6 Å². The van der Waals surface area contributed by atoms with Gasteiger partial charge < -0.3 is 25.3 Å². The highest BCUT2D eigenvalue weighted by Gasteiger charge is 2.40. The van der Waals surface area contributed by atoms with Crippen LogP contribution >= 0.6 is 11.3 Å². The molecule has 0 aromatic carbocycles. The Morgan fingerprint density at radius 3 is 2.19 bits per heavy atom. The number of hydrogen-bond donors (Lipinski definition) is 3. The summed E-state index contributed by atoms with van der Waals surface area (Å²) in [5.41, 5.74) is 2.48. The molecule has 4 atom stereocenters. The number of amides is 3. The smallest absolute Gasteiger partial charge is 0.241 e. The molecule has 3 rings (SSSR count). The molecule has 0 radical (unpaired) electrons. The molecule has 2 saturated carbocycles. The van der Waals surface area contributed by atoms with Gasteiger partial charge in [0.05, 0.1) is 35.8 Å². The normalized spacial score (nSPS) is 19.4. The predicted molar refractivity (Wildman–Crippen MR) is 170 cm³/mol. The Balaban J connectivity index is 1.93. The fraction of sp³-hybridized carbons (Fsp3) is 0.818. The van der Waals surface area contributed by atoms with Crippen LogP contribution in [0, 0.1) is 23.7 Å². The molecular weight excluding hydrogens is 564 g/mol. The zero-order valence-corrected chi connectivity index (χ0v) is 27.7. The van der Waals surface area contributed by atoms with E-state index in [1.165, 1.54) is 29.1 Å². The van der Waals surface area contributed by atoms with Crippen molar-refractivity contribution >= 4 is 29.1 Å². The van der Waals surface area contributed by atoms with E-state index in [-0.39, 0.29) is 36.6 Å². The minimum Gasteiger partial charge on any atom is -0.390 e. The van der Waals surface area contributed by atoms with Gasteiger partial charge in [0.2, 0.25) is 17.7 Å². The molecule has 3 N–H and O–H groups in total. The quantitative estimate of drug-likeness (QED) is 0.252. The van der Waals surface area contributed by atoms with Crippen LogP contribution in [-0.4, -0.2) is 88.2 Å². The molecule has 0 unspecified atom stereocenters. The number of aromatic nitrogens is 1. The van der Waals surface area contributed by atoms with Crippen molar-refractivity contribution in [3.63, 3.8) is 0 Å².